The Balaban J connectivity index is 2.01. The molecule has 0 unspecified atom stereocenters. The van der Waals surface area contributed by atoms with Crippen molar-refractivity contribution in [2.75, 3.05) is 6.61 Å². The summed E-state index contributed by atoms with van der Waals surface area (Å²) in [6, 6.07) is 23.0. The fourth-order valence-electron chi connectivity index (χ4n) is 2.82. The summed E-state index contributed by atoms with van der Waals surface area (Å²) in [6.45, 7) is 2.36. The van der Waals surface area contributed by atoms with Crippen molar-refractivity contribution in [1.82, 2.24) is 0 Å². The molecule has 0 fully saturated rings. The number of hydrogen-bond acceptors (Lipinski definition) is 4. The first-order valence-electron chi connectivity index (χ1n) is 8.83. The van der Waals surface area contributed by atoms with Crippen LogP contribution in [0.15, 0.2) is 83.4 Å². The van der Waals surface area contributed by atoms with E-state index >= 15 is 0 Å². The van der Waals surface area contributed by atoms with Crippen LogP contribution in [0.4, 0.5) is 0 Å². The highest BCUT2D eigenvalue weighted by Crippen LogP contribution is 2.25. The molecule has 0 aliphatic rings. The number of aliphatic hydroxyl groups excluding tert-OH is 1. The van der Waals surface area contributed by atoms with Gasteiger partial charge >= 0.3 is 5.97 Å². The molecule has 3 aromatic rings. The van der Waals surface area contributed by atoms with Crippen molar-refractivity contribution in [3.63, 3.8) is 0 Å². The van der Waals surface area contributed by atoms with Crippen molar-refractivity contribution in [2.45, 2.75) is 13.5 Å². The van der Waals surface area contributed by atoms with Gasteiger partial charge in [-0.3, -0.25) is 4.99 Å². The second-order valence-electron chi connectivity index (χ2n) is 5.96. The van der Waals surface area contributed by atoms with Crippen molar-refractivity contribution >= 4 is 28.7 Å². The van der Waals surface area contributed by atoms with Gasteiger partial charge in [-0.2, -0.15) is 0 Å². The number of carbonyl (C=O) groups is 1. The lowest BCUT2D eigenvalue weighted by molar-refractivity contribution is -0.137. The summed E-state index contributed by atoms with van der Waals surface area (Å²) >= 11 is 0. The number of carbonyl (C=O) groups excluding carboxylic acids is 1. The zero-order valence-corrected chi connectivity index (χ0v) is 15.1. The largest absolute Gasteiger partial charge is 0.506 e. The molecule has 0 saturated carbocycles. The molecule has 3 aromatic carbocycles. The van der Waals surface area contributed by atoms with Crippen LogP contribution in [0.3, 0.4) is 0 Å². The zero-order valence-electron chi connectivity index (χ0n) is 15.1. The van der Waals surface area contributed by atoms with Gasteiger partial charge in [0.15, 0.2) is 0 Å². The van der Waals surface area contributed by atoms with E-state index in [1.807, 2.05) is 66.7 Å². The van der Waals surface area contributed by atoms with Gasteiger partial charge in [-0.05, 0) is 23.3 Å². The smallest absolute Gasteiger partial charge is 0.343 e. The number of esters is 1. The topological polar surface area (TPSA) is 58.9 Å². The standard InChI is InChI=1S/C23H21NO3/c1-2-27-23(26)21(16-24-15-17-9-4-3-5-10-17)22(25)20-14-8-12-18-11-6-7-13-19(18)20/h3-14,16,25H,2,15H2,1H3. The predicted octanol–water partition coefficient (Wildman–Crippen LogP) is 4.94. The van der Waals surface area contributed by atoms with E-state index in [1.54, 1.807) is 13.0 Å². The molecule has 1 N–H and O–H groups in total. The van der Waals surface area contributed by atoms with Crippen LogP contribution in [0.1, 0.15) is 18.1 Å². The predicted molar refractivity (Wildman–Crippen MR) is 109 cm³/mol. The van der Waals surface area contributed by atoms with Crippen LogP contribution in [-0.4, -0.2) is 23.9 Å². The molecular weight excluding hydrogens is 338 g/mol. The molecule has 0 spiro atoms. The summed E-state index contributed by atoms with van der Waals surface area (Å²) in [4.78, 5) is 16.7. The molecule has 0 aliphatic heterocycles. The van der Waals surface area contributed by atoms with Crippen LogP contribution in [0, 0.1) is 0 Å². The van der Waals surface area contributed by atoms with E-state index in [0.29, 0.717) is 12.1 Å². The van der Waals surface area contributed by atoms with Gasteiger partial charge in [0.1, 0.15) is 11.3 Å². The Hall–Kier alpha value is -3.40. The number of benzene rings is 3. The average molecular weight is 359 g/mol. The van der Waals surface area contributed by atoms with Crippen LogP contribution in [0.2, 0.25) is 0 Å². The molecule has 4 heteroatoms. The molecular formula is C23H21NO3. The van der Waals surface area contributed by atoms with Gasteiger partial charge in [0.05, 0.1) is 13.2 Å². The number of aliphatic imine (C=N–C) groups is 1. The van der Waals surface area contributed by atoms with E-state index in [-0.39, 0.29) is 17.9 Å². The fraction of sp³-hybridized carbons (Fsp3) is 0.130. The maximum atomic E-state index is 12.4. The summed E-state index contributed by atoms with van der Waals surface area (Å²) in [7, 11) is 0. The number of ether oxygens (including phenoxy) is 1. The second-order valence-corrected chi connectivity index (χ2v) is 5.96. The van der Waals surface area contributed by atoms with E-state index in [9.17, 15) is 9.90 Å². The molecule has 0 atom stereocenters. The van der Waals surface area contributed by atoms with Crippen molar-refractivity contribution in [2.24, 2.45) is 4.99 Å². The van der Waals surface area contributed by atoms with Crippen LogP contribution in [0.25, 0.3) is 16.5 Å². The molecule has 0 radical (unpaired) electrons. The number of hydrogen-bond donors (Lipinski definition) is 1. The molecule has 0 aliphatic carbocycles. The highest BCUT2D eigenvalue weighted by Gasteiger charge is 2.17. The van der Waals surface area contributed by atoms with Gasteiger partial charge in [-0.1, -0.05) is 72.8 Å². The highest BCUT2D eigenvalue weighted by molar-refractivity contribution is 6.16. The molecule has 0 amide bonds. The van der Waals surface area contributed by atoms with Gasteiger partial charge in [-0.15, -0.1) is 0 Å². The van der Waals surface area contributed by atoms with E-state index in [2.05, 4.69) is 4.99 Å². The number of fused-ring (bicyclic) bond motifs is 1. The lowest BCUT2D eigenvalue weighted by atomic mass is 10.0. The Morgan fingerprint density at radius 3 is 2.48 bits per heavy atom. The summed E-state index contributed by atoms with van der Waals surface area (Å²) in [5.41, 5.74) is 1.63. The second kappa shape index (κ2) is 8.81. The lowest BCUT2D eigenvalue weighted by Crippen LogP contribution is -2.11. The molecule has 136 valence electrons. The molecule has 0 aromatic heterocycles. The fourth-order valence-corrected chi connectivity index (χ4v) is 2.82. The van der Waals surface area contributed by atoms with Crippen molar-refractivity contribution in [3.05, 3.63) is 89.5 Å². The first-order valence-corrected chi connectivity index (χ1v) is 8.83. The van der Waals surface area contributed by atoms with Crippen LogP contribution in [0.5, 0.6) is 0 Å². The van der Waals surface area contributed by atoms with Crippen LogP contribution >= 0.6 is 0 Å². The van der Waals surface area contributed by atoms with Gasteiger partial charge in [0.2, 0.25) is 0 Å². The SMILES string of the molecule is CCOC(=O)C(C=NCc1ccccc1)=C(O)c1cccc2ccccc12. The monoisotopic (exact) mass is 359 g/mol. The van der Waals surface area contributed by atoms with E-state index in [0.717, 1.165) is 16.3 Å². The van der Waals surface area contributed by atoms with Gasteiger partial charge in [0, 0.05) is 11.8 Å². The van der Waals surface area contributed by atoms with Crippen molar-refractivity contribution in [3.8, 4) is 0 Å². The number of aliphatic hydroxyl groups is 1. The summed E-state index contributed by atoms with van der Waals surface area (Å²) < 4.78 is 5.11. The Kier molecular flexibility index (Phi) is 6.00. The van der Waals surface area contributed by atoms with Gasteiger partial charge in [-0.25, -0.2) is 4.79 Å². The molecule has 3 rings (SSSR count). The molecule has 4 nitrogen and oxygen atoms in total. The van der Waals surface area contributed by atoms with Gasteiger partial charge < -0.3 is 9.84 Å². The number of rotatable bonds is 6. The average Bonchev–Trinajstić information content (AvgIpc) is 2.71. The Labute approximate surface area is 158 Å². The zero-order chi connectivity index (χ0) is 19.1. The van der Waals surface area contributed by atoms with E-state index < -0.39 is 5.97 Å². The van der Waals surface area contributed by atoms with Crippen LogP contribution < -0.4 is 0 Å². The summed E-state index contributed by atoms with van der Waals surface area (Å²) in [5.74, 6) is -0.734. The summed E-state index contributed by atoms with van der Waals surface area (Å²) in [5, 5.41) is 12.7. The Morgan fingerprint density at radius 1 is 1.00 bits per heavy atom. The first kappa shape index (κ1) is 18.4. The Bertz CT molecular complexity index is 985. The molecule has 0 saturated heterocycles. The van der Waals surface area contributed by atoms with Gasteiger partial charge in [0.25, 0.3) is 0 Å². The highest BCUT2D eigenvalue weighted by atomic mass is 16.5. The third-order valence-electron chi connectivity index (χ3n) is 4.13. The minimum Gasteiger partial charge on any atom is -0.506 e. The third kappa shape index (κ3) is 4.42. The minimum atomic E-state index is -0.597. The first-order chi connectivity index (χ1) is 13.2. The van der Waals surface area contributed by atoms with Crippen molar-refractivity contribution < 1.29 is 14.6 Å². The maximum Gasteiger partial charge on any atom is 0.343 e. The molecule has 0 heterocycles. The maximum absolute atomic E-state index is 12.4. The van der Waals surface area contributed by atoms with E-state index in [4.69, 9.17) is 4.74 Å². The third-order valence-corrected chi connectivity index (χ3v) is 4.13. The number of nitrogens with zero attached hydrogens (tertiary/aromatic N) is 1. The lowest BCUT2D eigenvalue weighted by Gasteiger charge is -2.09. The quantitative estimate of drug-likeness (QED) is 0.293. The summed E-state index contributed by atoms with van der Waals surface area (Å²) in [6.07, 6.45) is 1.39. The van der Waals surface area contributed by atoms with E-state index in [1.165, 1.54) is 6.21 Å². The normalized spacial score (nSPS) is 12.2. The van der Waals surface area contributed by atoms with Crippen molar-refractivity contribution in [1.29, 1.82) is 0 Å². The Morgan fingerprint density at radius 2 is 1.70 bits per heavy atom. The minimum absolute atomic E-state index is 0.0455. The molecule has 27 heavy (non-hydrogen) atoms. The molecule has 0 bridgehead atoms. The van der Waals surface area contributed by atoms with Crippen LogP contribution in [-0.2, 0) is 16.1 Å².